The molecule has 0 amide bonds. The zero-order valence-electron chi connectivity index (χ0n) is 13.9. The van der Waals surface area contributed by atoms with Gasteiger partial charge in [-0.2, -0.15) is 0 Å². The summed E-state index contributed by atoms with van der Waals surface area (Å²) >= 11 is 0. The van der Waals surface area contributed by atoms with Gasteiger partial charge in [0.1, 0.15) is 12.2 Å². The van der Waals surface area contributed by atoms with Crippen molar-refractivity contribution in [1.82, 2.24) is 0 Å². The summed E-state index contributed by atoms with van der Waals surface area (Å²) in [6, 6.07) is 0. The zero-order chi connectivity index (χ0) is 17.4. The van der Waals surface area contributed by atoms with Gasteiger partial charge in [-0.3, -0.25) is 0 Å². The first-order chi connectivity index (χ1) is 10.8. The van der Waals surface area contributed by atoms with E-state index in [9.17, 15) is 15.0 Å². The highest BCUT2D eigenvalue weighted by Gasteiger charge is 2.37. The fourth-order valence-electron chi connectivity index (χ4n) is 2.26. The third-order valence-corrected chi connectivity index (χ3v) is 3.45. The first kappa shape index (κ1) is 20.1. The molecule has 5 atom stereocenters. The van der Waals surface area contributed by atoms with Crippen LogP contribution in [0.5, 0.6) is 0 Å². The third kappa shape index (κ3) is 7.41. The molecule has 7 heteroatoms. The summed E-state index contributed by atoms with van der Waals surface area (Å²) < 4.78 is 16.0. The number of carbonyl (C=O) groups excluding carboxylic acids is 1. The maximum Gasteiger partial charge on any atom is 0.330 e. The number of aliphatic hydroxyl groups excluding tert-OH is 3. The van der Waals surface area contributed by atoms with Gasteiger partial charge in [0.25, 0.3) is 0 Å². The summed E-state index contributed by atoms with van der Waals surface area (Å²) in [5.41, 5.74) is 0. The topological polar surface area (TPSA) is 105 Å². The Morgan fingerprint density at radius 3 is 2.65 bits per heavy atom. The molecule has 134 valence electrons. The van der Waals surface area contributed by atoms with E-state index >= 15 is 0 Å². The highest BCUT2D eigenvalue weighted by atomic mass is 16.7. The normalized spacial score (nSPS) is 29.9. The van der Waals surface area contributed by atoms with Crippen LogP contribution in [0.2, 0.25) is 0 Å². The van der Waals surface area contributed by atoms with Crippen molar-refractivity contribution < 1.29 is 34.3 Å². The van der Waals surface area contributed by atoms with Crippen molar-refractivity contribution >= 4 is 5.97 Å². The smallest absolute Gasteiger partial charge is 0.330 e. The number of allylic oxidation sites excluding steroid dienone is 1. The molecular weight excluding hydrogens is 304 g/mol. The van der Waals surface area contributed by atoms with Crippen LogP contribution < -0.4 is 0 Å². The molecule has 7 nitrogen and oxygen atoms in total. The minimum atomic E-state index is -1.11. The van der Waals surface area contributed by atoms with Gasteiger partial charge in [0.15, 0.2) is 6.29 Å². The first-order valence-corrected chi connectivity index (χ1v) is 7.98. The number of ether oxygens (including phenoxy) is 3. The SMILES string of the molecule is CC(C)OC(=O)/C=C\CC[C@@H](C)O[C@H]1C[C@H](O)[C@@H](O)[C@H](CO)O1. The van der Waals surface area contributed by atoms with E-state index in [1.54, 1.807) is 19.9 Å². The van der Waals surface area contributed by atoms with Gasteiger partial charge in [0, 0.05) is 12.5 Å². The van der Waals surface area contributed by atoms with Crippen LogP contribution in [0.15, 0.2) is 12.2 Å². The van der Waals surface area contributed by atoms with Crippen LogP contribution in [-0.4, -0.2) is 64.7 Å². The van der Waals surface area contributed by atoms with Gasteiger partial charge in [-0.25, -0.2) is 4.79 Å². The lowest BCUT2D eigenvalue weighted by Gasteiger charge is -2.37. The highest BCUT2D eigenvalue weighted by Crippen LogP contribution is 2.22. The molecule has 3 N–H and O–H groups in total. The Hall–Kier alpha value is -0.990. The van der Waals surface area contributed by atoms with E-state index in [0.29, 0.717) is 12.8 Å². The van der Waals surface area contributed by atoms with Crippen molar-refractivity contribution in [1.29, 1.82) is 0 Å². The van der Waals surface area contributed by atoms with Crippen molar-refractivity contribution in [2.24, 2.45) is 0 Å². The maximum atomic E-state index is 11.3. The van der Waals surface area contributed by atoms with Crippen LogP contribution >= 0.6 is 0 Å². The maximum absolute atomic E-state index is 11.3. The zero-order valence-corrected chi connectivity index (χ0v) is 13.9. The number of carbonyl (C=O) groups is 1. The largest absolute Gasteiger partial charge is 0.460 e. The van der Waals surface area contributed by atoms with E-state index in [0.717, 1.165) is 0 Å². The first-order valence-electron chi connectivity index (χ1n) is 7.98. The van der Waals surface area contributed by atoms with E-state index in [1.165, 1.54) is 6.08 Å². The van der Waals surface area contributed by atoms with Crippen molar-refractivity contribution in [2.75, 3.05) is 6.61 Å². The fourth-order valence-corrected chi connectivity index (χ4v) is 2.26. The van der Waals surface area contributed by atoms with Crippen LogP contribution in [0, 0.1) is 0 Å². The summed E-state index contributed by atoms with van der Waals surface area (Å²) in [5.74, 6) is -0.368. The Morgan fingerprint density at radius 2 is 2.04 bits per heavy atom. The van der Waals surface area contributed by atoms with Crippen molar-refractivity contribution in [3.63, 3.8) is 0 Å². The van der Waals surface area contributed by atoms with E-state index in [2.05, 4.69) is 0 Å². The summed E-state index contributed by atoms with van der Waals surface area (Å²) in [4.78, 5) is 11.3. The van der Waals surface area contributed by atoms with Crippen molar-refractivity contribution in [3.8, 4) is 0 Å². The lowest BCUT2D eigenvalue weighted by Crippen LogP contribution is -2.51. The number of hydrogen-bond donors (Lipinski definition) is 3. The Kier molecular flexibility index (Phi) is 8.72. The molecule has 0 aliphatic carbocycles. The minimum Gasteiger partial charge on any atom is -0.460 e. The Bertz CT molecular complexity index is 383. The molecule has 23 heavy (non-hydrogen) atoms. The third-order valence-electron chi connectivity index (χ3n) is 3.45. The molecule has 0 aromatic carbocycles. The van der Waals surface area contributed by atoms with Gasteiger partial charge >= 0.3 is 5.97 Å². The fraction of sp³-hybridized carbons (Fsp3) is 0.812. The van der Waals surface area contributed by atoms with E-state index in [-0.39, 0.29) is 31.2 Å². The van der Waals surface area contributed by atoms with Gasteiger partial charge in [-0.05, 0) is 33.6 Å². The van der Waals surface area contributed by atoms with Gasteiger partial charge in [0.2, 0.25) is 0 Å². The molecule has 1 aliphatic rings. The summed E-state index contributed by atoms with van der Waals surface area (Å²) in [7, 11) is 0. The van der Waals surface area contributed by atoms with E-state index < -0.39 is 24.6 Å². The summed E-state index contributed by atoms with van der Waals surface area (Å²) in [6.45, 7) is 5.05. The van der Waals surface area contributed by atoms with E-state index in [1.807, 2.05) is 6.92 Å². The molecule has 1 heterocycles. The Labute approximate surface area is 136 Å². The van der Waals surface area contributed by atoms with Gasteiger partial charge < -0.3 is 29.5 Å². The summed E-state index contributed by atoms with van der Waals surface area (Å²) in [6.07, 6.45) is 0.660. The molecule has 0 unspecified atom stereocenters. The Balaban J connectivity index is 2.29. The molecule has 0 spiro atoms. The van der Waals surface area contributed by atoms with Gasteiger partial charge in [0.05, 0.1) is 24.9 Å². The highest BCUT2D eigenvalue weighted by molar-refractivity contribution is 5.81. The molecule has 1 aliphatic heterocycles. The Morgan fingerprint density at radius 1 is 1.35 bits per heavy atom. The minimum absolute atomic E-state index is 0.140. The second-order valence-corrected chi connectivity index (χ2v) is 5.99. The predicted octanol–water partition coefficient (Wildman–Crippen LogP) is 0.509. The number of rotatable bonds is 8. The molecule has 0 radical (unpaired) electrons. The molecule has 1 rings (SSSR count). The van der Waals surface area contributed by atoms with Gasteiger partial charge in [-0.1, -0.05) is 6.08 Å². The second kappa shape index (κ2) is 10.00. The standard InChI is InChI=1S/C16H28O7/c1-10(2)21-14(19)7-5-4-6-11(3)22-15-8-12(18)16(20)13(9-17)23-15/h5,7,10-13,15-18,20H,4,6,8-9H2,1-3H3/b7-5-/t11-,12+,13+,15-,16-/m1/s1. The number of hydrogen-bond acceptors (Lipinski definition) is 7. The van der Waals surface area contributed by atoms with Crippen molar-refractivity contribution in [2.45, 2.75) is 76.8 Å². The quantitative estimate of drug-likeness (QED) is 0.439. The molecule has 1 saturated heterocycles. The van der Waals surface area contributed by atoms with Crippen LogP contribution in [0.25, 0.3) is 0 Å². The predicted molar refractivity (Wildman–Crippen MR) is 82.5 cm³/mol. The average molecular weight is 332 g/mol. The van der Waals surface area contributed by atoms with Gasteiger partial charge in [-0.15, -0.1) is 0 Å². The molecular formula is C16H28O7. The lowest BCUT2D eigenvalue weighted by atomic mass is 10.0. The van der Waals surface area contributed by atoms with Crippen molar-refractivity contribution in [3.05, 3.63) is 12.2 Å². The van der Waals surface area contributed by atoms with E-state index in [4.69, 9.17) is 19.3 Å². The van der Waals surface area contributed by atoms with Crippen LogP contribution in [0.3, 0.4) is 0 Å². The van der Waals surface area contributed by atoms with Crippen LogP contribution in [-0.2, 0) is 19.0 Å². The lowest BCUT2D eigenvalue weighted by molar-refractivity contribution is -0.267. The number of aliphatic hydroxyl groups is 3. The molecule has 0 bridgehead atoms. The molecule has 0 aromatic rings. The monoisotopic (exact) mass is 332 g/mol. The molecule has 0 aromatic heterocycles. The van der Waals surface area contributed by atoms with Crippen LogP contribution in [0.1, 0.15) is 40.0 Å². The molecule has 1 fully saturated rings. The number of esters is 1. The second-order valence-electron chi connectivity index (χ2n) is 5.99. The average Bonchev–Trinajstić information content (AvgIpc) is 2.46. The van der Waals surface area contributed by atoms with Crippen LogP contribution in [0.4, 0.5) is 0 Å². The summed E-state index contributed by atoms with van der Waals surface area (Å²) in [5, 5.41) is 28.5. The molecule has 0 saturated carbocycles.